The smallest absolute Gasteiger partial charge is 0.297 e. The van der Waals surface area contributed by atoms with Crippen molar-refractivity contribution in [3.05, 3.63) is 41.5 Å². The number of aliphatic hydroxyl groups is 1. The molecule has 1 saturated heterocycles. The van der Waals surface area contributed by atoms with Crippen LogP contribution in [0.1, 0.15) is 41.0 Å². The number of carbonyl (C=O) groups is 1. The summed E-state index contributed by atoms with van der Waals surface area (Å²) < 4.78 is 5.13. The third-order valence-electron chi connectivity index (χ3n) is 3.44. The van der Waals surface area contributed by atoms with Gasteiger partial charge in [-0.05, 0) is 25.5 Å². The summed E-state index contributed by atoms with van der Waals surface area (Å²) in [6.07, 6.45) is 1.98. The van der Waals surface area contributed by atoms with Crippen LogP contribution in [0.15, 0.2) is 28.8 Å². The summed E-state index contributed by atoms with van der Waals surface area (Å²) in [6.45, 7) is 0.762. The lowest BCUT2D eigenvalue weighted by atomic mass is 10.2. The minimum absolute atomic E-state index is 0.00792. The van der Waals surface area contributed by atoms with Gasteiger partial charge in [0.25, 0.3) is 11.7 Å². The Morgan fingerprint density at radius 2 is 2.33 bits per heavy atom. The Hall–Kier alpha value is -2.25. The van der Waals surface area contributed by atoms with Gasteiger partial charge in [-0.1, -0.05) is 23.4 Å². The first kappa shape index (κ1) is 13.7. The van der Waals surface area contributed by atoms with Gasteiger partial charge in [0.15, 0.2) is 0 Å². The maximum atomic E-state index is 12.1. The molecular formula is C14H16N4O3. The van der Waals surface area contributed by atoms with Gasteiger partial charge in [-0.2, -0.15) is 4.98 Å². The van der Waals surface area contributed by atoms with Gasteiger partial charge in [-0.25, -0.2) is 0 Å². The van der Waals surface area contributed by atoms with Crippen molar-refractivity contribution in [2.24, 2.45) is 0 Å². The van der Waals surface area contributed by atoms with Crippen molar-refractivity contribution in [3.8, 4) is 0 Å². The maximum Gasteiger partial charge on any atom is 0.297 e. The van der Waals surface area contributed by atoms with Gasteiger partial charge >= 0.3 is 0 Å². The number of para-hydroxylation sites is 1. The van der Waals surface area contributed by atoms with Crippen molar-refractivity contribution in [3.63, 3.8) is 0 Å². The molecule has 1 fully saturated rings. The number of aromatic nitrogens is 2. The largest absolute Gasteiger partial charge is 0.392 e. The van der Waals surface area contributed by atoms with Gasteiger partial charge in [-0.3, -0.25) is 4.79 Å². The average Bonchev–Trinajstić information content (AvgIpc) is 3.18. The molecule has 0 aliphatic carbocycles. The minimum Gasteiger partial charge on any atom is -0.392 e. The molecule has 0 spiro atoms. The predicted octanol–water partition coefficient (Wildman–Crippen LogP) is 1.24. The van der Waals surface area contributed by atoms with E-state index in [0.717, 1.165) is 19.4 Å². The Kier molecular flexibility index (Phi) is 3.94. The quantitative estimate of drug-likeness (QED) is 0.782. The van der Waals surface area contributed by atoms with Crippen LogP contribution in [0.2, 0.25) is 0 Å². The second-order valence-electron chi connectivity index (χ2n) is 4.87. The van der Waals surface area contributed by atoms with Crippen LogP contribution in [0.5, 0.6) is 0 Å². The Morgan fingerprint density at radius 3 is 3.10 bits per heavy atom. The summed E-state index contributed by atoms with van der Waals surface area (Å²) in [5.41, 5.74) is 1.17. The predicted molar refractivity (Wildman–Crippen MR) is 74.6 cm³/mol. The first-order chi connectivity index (χ1) is 10.3. The molecule has 1 unspecified atom stereocenters. The molecule has 2 aromatic rings. The number of hydrogen-bond acceptors (Lipinski definition) is 6. The van der Waals surface area contributed by atoms with Crippen molar-refractivity contribution in [2.45, 2.75) is 25.5 Å². The molecule has 3 N–H and O–H groups in total. The molecule has 110 valence electrons. The number of anilines is 1. The molecule has 1 aliphatic heterocycles. The highest BCUT2D eigenvalue weighted by atomic mass is 16.5. The molecule has 1 atom stereocenters. The number of carbonyl (C=O) groups excluding carboxylic acids is 1. The van der Waals surface area contributed by atoms with Crippen molar-refractivity contribution in [2.75, 3.05) is 11.9 Å². The van der Waals surface area contributed by atoms with Crippen LogP contribution < -0.4 is 10.6 Å². The van der Waals surface area contributed by atoms with E-state index in [1.165, 1.54) is 0 Å². The molecule has 7 nitrogen and oxygen atoms in total. The molecular weight excluding hydrogens is 272 g/mol. The Balaban J connectivity index is 1.73. The van der Waals surface area contributed by atoms with E-state index < -0.39 is 5.91 Å². The number of hydrogen-bond donors (Lipinski definition) is 3. The lowest BCUT2D eigenvalue weighted by Gasteiger charge is -2.06. The molecule has 2 heterocycles. The Labute approximate surface area is 121 Å². The van der Waals surface area contributed by atoms with Gasteiger partial charge in [0, 0.05) is 11.3 Å². The van der Waals surface area contributed by atoms with Crippen molar-refractivity contribution in [1.29, 1.82) is 0 Å². The lowest BCUT2D eigenvalue weighted by Crippen LogP contribution is -2.16. The normalized spacial score (nSPS) is 17.9. The van der Waals surface area contributed by atoms with E-state index in [1.54, 1.807) is 24.3 Å². The average molecular weight is 288 g/mol. The Morgan fingerprint density at radius 1 is 1.48 bits per heavy atom. The van der Waals surface area contributed by atoms with E-state index in [1.807, 2.05) is 0 Å². The first-order valence-electron chi connectivity index (χ1n) is 6.85. The van der Waals surface area contributed by atoms with Gasteiger partial charge in [0.05, 0.1) is 12.6 Å². The molecule has 1 amide bonds. The zero-order chi connectivity index (χ0) is 14.7. The van der Waals surface area contributed by atoms with E-state index in [4.69, 9.17) is 4.52 Å². The summed E-state index contributed by atoms with van der Waals surface area (Å²) in [5, 5.41) is 18.9. The molecule has 7 heteroatoms. The maximum absolute atomic E-state index is 12.1. The first-order valence-corrected chi connectivity index (χ1v) is 6.85. The summed E-state index contributed by atoms with van der Waals surface area (Å²) in [4.78, 5) is 16.2. The summed E-state index contributed by atoms with van der Waals surface area (Å²) in [6, 6.07) is 7.05. The SMILES string of the molecule is O=C(Nc1ccccc1CO)c1noc(C2CCCN2)n1. The van der Waals surface area contributed by atoms with Crippen molar-refractivity contribution >= 4 is 11.6 Å². The summed E-state index contributed by atoms with van der Waals surface area (Å²) in [7, 11) is 0. The van der Waals surface area contributed by atoms with Gasteiger partial charge in [-0.15, -0.1) is 0 Å². The van der Waals surface area contributed by atoms with Crippen LogP contribution in [0, 0.1) is 0 Å². The number of benzene rings is 1. The summed E-state index contributed by atoms with van der Waals surface area (Å²) in [5.74, 6) is -0.0246. The van der Waals surface area contributed by atoms with E-state index in [0.29, 0.717) is 17.1 Å². The van der Waals surface area contributed by atoms with Crippen LogP contribution in [0.3, 0.4) is 0 Å². The van der Waals surface area contributed by atoms with Gasteiger partial charge in [0.1, 0.15) is 0 Å². The van der Waals surface area contributed by atoms with Gasteiger partial charge in [0.2, 0.25) is 5.89 Å². The molecule has 3 rings (SSSR count). The topological polar surface area (TPSA) is 100 Å². The minimum atomic E-state index is -0.455. The molecule has 0 saturated carbocycles. The van der Waals surface area contributed by atoms with Gasteiger partial charge < -0.3 is 20.3 Å². The van der Waals surface area contributed by atoms with Crippen molar-refractivity contribution < 1.29 is 14.4 Å². The molecule has 1 aromatic carbocycles. The third-order valence-corrected chi connectivity index (χ3v) is 3.44. The number of rotatable bonds is 4. The number of amides is 1. The second kappa shape index (κ2) is 6.02. The number of nitrogens with zero attached hydrogens (tertiary/aromatic N) is 2. The lowest BCUT2D eigenvalue weighted by molar-refractivity contribution is 0.101. The molecule has 0 bridgehead atoms. The fraction of sp³-hybridized carbons (Fsp3) is 0.357. The highest BCUT2D eigenvalue weighted by molar-refractivity contribution is 6.01. The molecule has 0 radical (unpaired) electrons. The van der Waals surface area contributed by atoms with E-state index in [-0.39, 0.29) is 18.5 Å². The van der Waals surface area contributed by atoms with Crippen LogP contribution in [0.25, 0.3) is 0 Å². The van der Waals surface area contributed by atoms with Crippen molar-refractivity contribution in [1.82, 2.24) is 15.5 Å². The molecule has 1 aromatic heterocycles. The second-order valence-corrected chi connectivity index (χ2v) is 4.87. The standard InChI is InChI=1S/C14H16N4O3/c19-8-9-4-1-2-5-10(9)16-13(20)12-17-14(21-18-12)11-6-3-7-15-11/h1-2,4-5,11,15,19H,3,6-8H2,(H,16,20). The monoisotopic (exact) mass is 288 g/mol. The van der Waals surface area contributed by atoms with Crippen LogP contribution in [-0.2, 0) is 6.61 Å². The zero-order valence-electron chi connectivity index (χ0n) is 11.4. The molecule has 1 aliphatic rings. The number of nitrogens with one attached hydrogen (secondary N) is 2. The van der Waals surface area contributed by atoms with Crippen LogP contribution >= 0.6 is 0 Å². The van der Waals surface area contributed by atoms with Crippen LogP contribution in [0.4, 0.5) is 5.69 Å². The number of aliphatic hydroxyl groups excluding tert-OH is 1. The zero-order valence-corrected chi connectivity index (χ0v) is 11.4. The third kappa shape index (κ3) is 2.93. The molecule has 21 heavy (non-hydrogen) atoms. The van der Waals surface area contributed by atoms with E-state index in [2.05, 4.69) is 20.8 Å². The highest BCUT2D eigenvalue weighted by Crippen LogP contribution is 2.21. The van der Waals surface area contributed by atoms with Crippen LogP contribution in [-0.4, -0.2) is 27.7 Å². The fourth-order valence-electron chi connectivity index (χ4n) is 2.32. The van der Waals surface area contributed by atoms with E-state index in [9.17, 15) is 9.90 Å². The highest BCUT2D eigenvalue weighted by Gasteiger charge is 2.24. The van der Waals surface area contributed by atoms with E-state index >= 15 is 0 Å². The fourth-order valence-corrected chi connectivity index (χ4v) is 2.32. The summed E-state index contributed by atoms with van der Waals surface area (Å²) >= 11 is 0. The Bertz CT molecular complexity index is 635.